The van der Waals surface area contributed by atoms with Crippen molar-refractivity contribution in [1.29, 1.82) is 0 Å². The molecule has 1 aromatic rings. The maximum atomic E-state index is 10.7. The Morgan fingerprint density at radius 1 is 1.46 bits per heavy atom. The molecular formula is C8H6N2O2S. The summed E-state index contributed by atoms with van der Waals surface area (Å²) in [5, 5.41) is 12.5. The van der Waals surface area contributed by atoms with Crippen LogP contribution in [0, 0.1) is 0 Å². The standard InChI is InChI=1S/C8H6N2O2S/c11-8(12)7-5-3-1-2-4-6(5)13-10-9-7/h1-4,10H,(H,11,12). The highest BCUT2D eigenvalue weighted by atomic mass is 32.2. The first-order valence-corrected chi connectivity index (χ1v) is 4.43. The van der Waals surface area contributed by atoms with Crippen molar-refractivity contribution in [2.45, 2.75) is 4.90 Å². The van der Waals surface area contributed by atoms with Gasteiger partial charge in [-0.3, -0.25) is 0 Å². The van der Waals surface area contributed by atoms with E-state index in [1.54, 1.807) is 12.1 Å². The zero-order chi connectivity index (χ0) is 9.26. The summed E-state index contributed by atoms with van der Waals surface area (Å²) in [7, 11) is 0. The van der Waals surface area contributed by atoms with Gasteiger partial charge in [0.15, 0.2) is 5.71 Å². The maximum Gasteiger partial charge on any atom is 0.357 e. The van der Waals surface area contributed by atoms with Crippen molar-refractivity contribution >= 4 is 23.6 Å². The number of carboxylic acid groups (broad SMARTS) is 1. The highest BCUT2D eigenvalue weighted by Gasteiger charge is 2.19. The van der Waals surface area contributed by atoms with Crippen LogP contribution in [0.5, 0.6) is 0 Å². The van der Waals surface area contributed by atoms with Crippen molar-refractivity contribution in [2.24, 2.45) is 5.10 Å². The van der Waals surface area contributed by atoms with E-state index >= 15 is 0 Å². The zero-order valence-corrected chi connectivity index (χ0v) is 7.34. The van der Waals surface area contributed by atoms with Crippen molar-refractivity contribution in [1.82, 2.24) is 4.83 Å². The molecule has 13 heavy (non-hydrogen) atoms. The van der Waals surface area contributed by atoms with E-state index in [4.69, 9.17) is 5.11 Å². The van der Waals surface area contributed by atoms with Crippen molar-refractivity contribution in [2.75, 3.05) is 0 Å². The first-order valence-electron chi connectivity index (χ1n) is 3.61. The fourth-order valence-corrected chi connectivity index (χ4v) is 1.75. The molecule has 5 heteroatoms. The van der Waals surface area contributed by atoms with Gasteiger partial charge in [0.05, 0.1) is 0 Å². The monoisotopic (exact) mass is 194 g/mol. The average molecular weight is 194 g/mol. The van der Waals surface area contributed by atoms with Crippen LogP contribution in [-0.2, 0) is 4.79 Å². The van der Waals surface area contributed by atoms with Crippen LogP contribution in [0.15, 0.2) is 34.3 Å². The van der Waals surface area contributed by atoms with Crippen LogP contribution in [0.25, 0.3) is 0 Å². The van der Waals surface area contributed by atoms with Gasteiger partial charge in [-0.1, -0.05) is 18.2 Å². The van der Waals surface area contributed by atoms with E-state index in [1.807, 2.05) is 12.1 Å². The minimum atomic E-state index is -1.01. The van der Waals surface area contributed by atoms with Crippen molar-refractivity contribution in [3.05, 3.63) is 29.8 Å². The van der Waals surface area contributed by atoms with Crippen LogP contribution in [0.2, 0.25) is 0 Å². The highest BCUT2D eigenvalue weighted by molar-refractivity contribution is 7.97. The molecule has 0 aliphatic carbocycles. The summed E-state index contributed by atoms with van der Waals surface area (Å²) in [4.78, 5) is 14.2. The Labute approximate surface area is 78.8 Å². The SMILES string of the molecule is O=C(O)C1=NNSc2ccccc21. The zero-order valence-electron chi connectivity index (χ0n) is 6.52. The Balaban J connectivity index is 2.53. The molecule has 0 radical (unpaired) electrons. The number of nitrogens with one attached hydrogen (secondary N) is 1. The van der Waals surface area contributed by atoms with Crippen LogP contribution < -0.4 is 4.83 Å². The summed E-state index contributed by atoms with van der Waals surface area (Å²) in [6.45, 7) is 0. The largest absolute Gasteiger partial charge is 0.476 e. The molecule has 1 aliphatic heterocycles. The van der Waals surface area contributed by atoms with Gasteiger partial charge < -0.3 is 5.11 Å². The molecule has 0 unspecified atom stereocenters. The Bertz CT molecular complexity index is 389. The fraction of sp³-hybridized carbons (Fsp3) is 0. The van der Waals surface area contributed by atoms with Crippen LogP contribution >= 0.6 is 11.9 Å². The first kappa shape index (κ1) is 8.12. The quantitative estimate of drug-likeness (QED) is 0.657. The number of hydrogen-bond acceptors (Lipinski definition) is 4. The van der Waals surface area contributed by atoms with E-state index in [0.29, 0.717) is 5.56 Å². The molecule has 0 saturated heterocycles. The third kappa shape index (κ3) is 1.38. The number of rotatable bonds is 1. The first-order chi connectivity index (χ1) is 6.29. The van der Waals surface area contributed by atoms with Gasteiger partial charge in [-0.15, -0.1) is 0 Å². The molecule has 0 fully saturated rings. The Hall–Kier alpha value is -1.49. The number of benzene rings is 1. The van der Waals surface area contributed by atoms with Gasteiger partial charge in [0, 0.05) is 22.4 Å². The number of aliphatic carboxylic acids is 1. The molecule has 4 nitrogen and oxygen atoms in total. The maximum absolute atomic E-state index is 10.7. The fourth-order valence-electron chi connectivity index (χ4n) is 1.09. The second-order valence-electron chi connectivity index (χ2n) is 2.46. The second-order valence-corrected chi connectivity index (χ2v) is 3.28. The van der Waals surface area contributed by atoms with E-state index in [1.165, 1.54) is 11.9 Å². The predicted octanol–water partition coefficient (Wildman–Crippen LogP) is 1.09. The Morgan fingerprint density at radius 3 is 3.00 bits per heavy atom. The van der Waals surface area contributed by atoms with Gasteiger partial charge in [0.25, 0.3) is 0 Å². The van der Waals surface area contributed by atoms with E-state index in [2.05, 4.69) is 9.93 Å². The number of hydrazone groups is 1. The molecule has 0 amide bonds. The second kappa shape index (κ2) is 3.10. The number of hydrogen-bond donors (Lipinski definition) is 2. The third-order valence-corrected chi connectivity index (χ3v) is 2.42. The Morgan fingerprint density at radius 2 is 2.23 bits per heavy atom. The predicted molar refractivity (Wildman–Crippen MR) is 49.6 cm³/mol. The van der Waals surface area contributed by atoms with E-state index in [9.17, 15) is 4.79 Å². The smallest absolute Gasteiger partial charge is 0.357 e. The molecule has 2 rings (SSSR count). The molecule has 66 valence electrons. The van der Waals surface area contributed by atoms with Crippen molar-refractivity contribution in [3.8, 4) is 0 Å². The molecule has 0 spiro atoms. The highest BCUT2D eigenvalue weighted by Crippen LogP contribution is 2.24. The molecule has 0 aromatic heterocycles. The summed E-state index contributed by atoms with van der Waals surface area (Å²) < 4.78 is 0. The van der Waals surface area contributed by atoms with Crippen molar-refractivity contribution in [3.63, 3.8) is 0 Å². The summed E-state index contributed by atoms with van der Waals surface area (Å²) in [6.07, 6.45) is 0. The normalized spacial score (nSPS) is 14.0. The molecule has 0 saturated carbocycles. The van der Waals surface area contributed by atoms with Crippen molar-refractivity contribution < 1.29 is 9.90 Å². The minimum absolute atomic E-state index is 0.0642. The number of fused-ring (bicyclic) bond motifs is 1. The number of nitrogens with zero attached hydrogens (tertiary/aromatic N) is 1. The van der Waals surface area contributed by atoms with Gasteiger partial charge in [-0.2, -0.15) is 5.10 Å². The molecule has 2 N–H and O–H groups in total. The third-order valence-electron chi connectivity index (χ3n) is 1.66. The number of carbonyl (C=O) groups is 1. The van der Waals surface area contributed by atoms with Gasteiger partial charge in [0.1, 0.15) is 0 Å². The summed E-state index contributed by atoms with van der Waals surface area (Å²) in [5.41, 5.74) is 0.730. The average Bonchev–Trinajstić information content (AvgIpc) is 2.17. The molecule has 0 bridgehead atoms. The van der Waals surface area contributed by atoms with E-state index in [-0.39, 0.29) is 5.71 Å². The van der Waals surface area contributed by atoms with Crippen LogP contribution in [-0.4, -0.2) is 16.8 Å². The molecule has 1 aromatic carbocycles. The molecule has 1 heterocycles. The molecule has 1 aliphatic rings. The Kier molecular flexibility index (Phi) is 1.94. The van der Waals surface area contributed by atoms with Crippen LogP contribution in [0.1, 0.15) is 5.56 Å². The lowest BCUT2D eigenvalue weighted by atomic mass is 10.1. The lowest BCUT2D eigenvalue weighted by molar-refractivity contribution is -0.129. The van der Waals surface area contributed by atoms with Crippen LogP contribution in [0.4, 0.5) is 0 Å². The van der Waals surface area contributed by atoms with Gasteiger partial charge in [-0.05, 0) is 6.07 Å². The van der Waals surface area contributed by atoms with Crippen LogP contribution in [0.3, 0.4) is 0 Å². The number of carboxylic acids is 1. The lowest BCUT2D eigenvalue weighted by Crippen LogP contribution is -2.21. The summed E-state index contributed by atoms with van der Waals surface area (Å²) in [6, 6.07) is 7.25. The van der Waals surface area contributed by atoms with Gasteiger partial charge in [-0.25, -0.2) is 9.63 Å². The van der Waals surface area contributed by atoms with E-state index < -0.39 is 5.97 Å². The molecular weight excluding hydrogens is 188 g/mol. The summed E-state index contributed by atoms with van der Waals surface area (Å²) >= 11 is 1.31. The topological polar surface area (TPSA) is 61.7 Å². The van der Waals surface area contributed by atoms with Gasteiger partial charge in [0.2, 0.25) is 0 Å². The minimum Gasteiger partial charge on any atom is -0.476 e. The molecule has 0 atom stereocenters. The summed E-state index contributed by atoms with van der Waals surface area (Å²) in [5.74, 6) is -1.01. The lowest BCUT2D eigenvalue weighted by Gasteiger charge is -2.12. The van der Waals surface area contributed by atoms with Gasteiger partial charge >= 0.3 is 5.97 Å². The van der Waals surface area contributed by atoms with E-state index in [0.717, 1.165) is 4.90 Å².